The van der Waals surface area contributed by atoms with Gasteiger partial charge in [0.05, 0.1) is 10.6 Å². The molecule has 0 fully saturated rings. The minimum Gasteiger partial charge on any atom is -0.352 e. The highest BCUT2D eigenvalue weighted by atomic mass is 32.2. The number of hydrogen-bond acceptors (Lipinski definition) is 4. The molecule has 7 nitrogen and oxygen atoms in total. The van der Waals surface area contributed by atoms with E-state index >= 15 is 0 Å². The molecule has 3 aromatic carbocycles. The zero-order valence-electron chi connectivity index (χ0n) is 24.3. The van der Waals surface area contributed by atoms with E-state index in [1.165, 1.54) is 9.21 Å². The van der Waals surface area contributed by atoms with Crippen LogP contribution in [0, 0.1) is 13.8 Å². The van der Waals surface area contributed by atoms with E-state index in [0.717, 1.165) is 28.7 Å². The number of aryl methyl sites for hydroxylation is 3. The first-order valence-corrected chi connectivity index (χ1v) is 15.2. The highest BCUT2D eigenvalue weighted by Crippen LogP contribution is 2.28. The van der Waals surface area contributed by atoms with Gasteiger partial charge in [-0.25, -0.2) is 8.42 Å². The van der Waals surface area contributed by atoms with Crippen LogP contribution in [0.3, 0.4) is 0 Å². The number of nitrogens with zero attached hydrogens (tertiary/aromatic N) is 2. The normalized spacial score (nSPS) is 12.8. The largest absolute Gasteiger partial charge is 0.352 e. The summed E-state index contributed by atoms with van der Waals surface area (Å²) in [5.74, 6) is -0.745. The van der Waals surface area contributed by atoms with Crippen LogP contribution in [0.15, 0.2) is 77.7 Å². The van der Waals surface area contributed by atoms with Gasteiger partial charge >= 0.3 is 0 Å². The average molecular weight is 564 g/mol. The Morgan fingerprint density at radius 2 is 1.43 bits per heavy atom. The summed E-state index contributed by atoms with van der Waals surface area (Å²) in [6.07, 6.45) is 1.34. The number of nitrogens with one attached hydrogen (secondary N) is 1. The number of anilines is 1. The average Bonchev–Trinajstić information content (AvgIpc) is 2.95. The highest BCUT2D eigenvalue weighted by Gasteiger charge is 2.33. The summed E-state index contributed by atoms with van der Waals surface area (Å²) in [4.78, 5) is 28.8. The van der Waals surface area contributed by atoms with E-state index in [1.807, 2.05) is 71.0 Å². The number of rotatable bonds is 12. The topological polar surface area (TPSA) is 86.8 Å². The molecule has 0 saturated heterocycles. The Bertz CT molecular complexity index is 1400. The van der Waals surface area contributed by atoms with Gasteiger partial charge in [0.2, 0.25) is 11.8 Å². The zero-order chi connectivity index (χ0) is 29.4. The molecule has 2 atom stereocenters. The molecular weight excluding hydrogens is 522 g/mol. The monoisotopic (exact) mass is 563 g/mol. The molecule has 2 amide bonds. The van der Waals surface area contributed by atoms with Gasteiger partial charge in [-0.05, 0) is 69.9 Å². The zero-order valence-corrected chi connectivity index (χ0v) is 25.2. The maximum absolute atomic E-state index is 14.1. The summed E-state index contributed by atoms with van der Waals surface area (Å²) in [6.45, 7) is 11.1. The minimum atomic E-state index is -4.09. The van der Waals surface area contributed by atoms with Crippen LogP contribution in [-0.4, -0.2) is 43.8 Å². The van der Waals surface area contributed by atoms with Crippen LogP contribution >= 0.6 is 0 Å². The summed E-state index contributed by atoms with van der Waals surface area (Å²) in [5, 5.41) is 2.96. The van der Waals surface area contributed by atoms with Gasteiger partial charge in [-0.3, -0.25) is 13.9 Å². The van der Waals surface area contributed by atoms with Crippen LogP contribution in [0.5, 0.6) is 0 Å². The third-order valence-electron chi connectivity index (χ3n) is 7.17. The molecule has 40 heavy (non-hydrogen) atoms. The molecule has 0 aliphatic heterocycles. The number of amides is 2. The molecule has 0 spiro atoms. The summed E-state index contributed by atoms with van der Waals surface area (Å²) in [7, 11) is -4.09. The molecule has 0 radical (unpaired) electrons. The number of hydrogen-bond donors (Lipinski definition) is 1. The molecule has 0 saturated carbocycles. The standard InChI is InChI=1S/C32H41N3O4S/c1-7-25(5)33-32(37)26(6)34(21-27-17-13-23(3)14-18-27)31(36)22-35(30-12-10-9-11-28(30)8-2)40(38,39)29-19-15-24(4)16-20-29/h9-20,25-26H,7-8,21-22H2,1-6H3,(H,33,37)/t25-,26-/m1/s1. The van der Waals surface area contributed by atoms with Crippen molar-refractivity contribution in [3.05, 3.63) is 95.1 Å². The molecule has 3 rings (SSSR count). The molecule has 0 unspecified atom stereocenters. The lowest BCUT2D eigenvalue weighted by molar-refractivity contribution is -0.139. The van der Waals surface area contributed by atoms with E-state index in [0.29, 0.717) is 12.1 Å². The Morgan fingerprint density at radius 1 is 0.850 bits per heavy atom. The van der Waals surface area contributed by atoms with Crippen LogP contribution in [0.1, 0.15) is 56.4 Å². The van der Waals surface area contributed by atoms with Gasteiger partial charge in [0.1, 0.15) is 12.6 Å². The van der Waals surface area contributed by atoms with Crippen molar-refractivity contribution in [2.24, 2.45) is 0 Å². The first kappa shape index (κ1) is 30.9. The van der Waals surface area contributed by atoms with Crippen LogP contribution < -0.4 is 9.62 Å². The van der Waals surface area contributed by atoms with Crippen molar-refractivity contribution in [1.29, 1.82) is 0 Å². The van der Waals surface area contributed by atoms with Gasteiger partial charge in [-0.2, -0.15) is 0 Å². The van der Waals surface area contributed by atoms with Gasteiger partial charge < -0.3 is 10.2 Å². The second kappa shape index (κ2) is 13.6. The van der Waals surface area contributed by atoms with E-state index in [2.05, 4.69) is 5.32 Å². The Kier molecular flexibility index (Phi) is 10.5. The highest BCUT2D eigenvalue weighted by molar-refractivity contribution is 7.92. The van der Waals surface area contributed by atoms with Crippen LogP contribution in [-0.2, 0) is 32.6 Å². The van der Waals surface area contributed by atoms with Gasteiger partial charge in [0.15, 0.2) is 0 Å². The molecule has 0 heterocycles. The summed E-state index contributed by atoms with van der Waals surface area (Å²) >= 11 is 0. The lowest BCUT2D eigenvalue weighted by Crippen LogP contribution is -2.52. The van der Waals surface area contributed by atoms with Gasteiger partial charge in [0.25, 0.3) is 10.0 Å². The molecule has 0 aliphatic carbocycles. The van der Waals surface area contributed by atoms with Crippen molar-refractivity contribution < 1.29 is 18.0 Å². The lowest BCUT2D eigenvalue weighted by Gasteiger charge is -2.33. The third kappa shape index (κ3) is 7.50. The number of carbonyl (C=O) groups is 2. The molecular formula is C32H41N3O4S. The molecule has 1 N–H and O–H groups in total. The smallest absolute Gasteiger partial charge is 0.264 e. The van der Waals surface area contributed by atoms with Crippen molar-refractivity contribution >= 4 is 27.5 Å². The fourth-order valence-electron chi connectivity index (χ4n) is 4.34. The summed E-state index contributed by atoms with van der Waals surface area (Å²) < 4.78 is 29.2. The van der Waals surface area contributed by atoms with Crippen molar-refractivity contribution in [3.8, 4) is 0 Å². The van der Waals surface area contributed by atoms with Crippen molar-refractivity contribution in [1.82, 2.24) is 10.2 Å². The predicted octanol–water partition coefficient (Wildman–Crippen LogP) is 5.39. The molecule has 0 bridgehead atoms. The van der Waals surface area contributed by atoms with Crippen LogP contribution in [0.25, 0.3) is 0 Å². The Morgan fingerprint density at radius 3 is 2.00 bits per heavy atom. The van der Waals surface area contributed by atoms with Gasteiger partial charge in [-0.1, -0.05) is 79.6 Å². The number of para-hydroxylation sites is 1. The Balaban J connectivity index is 2.06. The second-order valence-corrected chi connectivity index (χ2v) is 12.2. The SMILES string of the molecule is CCc1ccccc1N(CC(=O)N(Cc1ccc(C)cc1)[C@H](C)C(=O)N[C@H](C)CC)S(=O)(=O)c1ccc(C)cc1. The predicted molar refractivity (Wildman–Crippen MR) is 161 cm³/mol. The Labute approximate surface area is 239 Å². The second-order valence-electron chi connectivity index (χ2n) is 10.3. The van der Waals surface area contributed by atoms with Crippen LogP contribution in [0.2, 0.25) is 0 Å². The van der Waals surface area contributed by atoms with Crippen LogP contribution in [0.4, 0.5) is 5.69 Å². The van der Waals surface area contributed by atoms with E-state index < -0.39 is 28.5 Å². The molecule has 0 aliphatic rings. The minimum absolute atomic E-state index is 0.0545. The number of benzene rings is 3. The van der Waals surface area contributed by atoms with Gasteiger partial charge in [-0.15, -0.1) is 0 Å². The lowest BCUT2D eigenvalue weighted by atomic mass is 10.1. The molecule has 214 valence electrons. The van der Waals surface area contributed by atoms with E-state index in [1.54, 1.807) is 43.3 Å². The first-order valence-electron chi connectivity index (χ1n) is 13.8. The summed E-state index contributed by atoms with van der Waals surface area (Å²) in [5.41, 5.74) is 4.12. The number of carbonyl (C=O) groups excluding carboxylic acids is 2. The van der Waals surface area contributed by atoms with E-state index in [9.17, 15) is 18.0 Å². The van der Waals surface area contributed by atoms with Crippen molar-refractivity contribution in [3.63, 3.8) is 0 Å². The Hall–Kier alpha value is -3.65. The van der Waals surface area contributed by atoms with Gasteiger partial charge in [0, 0.05) is 12.6 Å². The first-order chi connectivity index (χ1) is 19.0. The third-order valence-corrected chi connectivity index (χ3v) is 8.94. The van der Waals surface area contributed by atoms with Crippen molar-refractivity contribution in [2.45, 2.75) is 77.9 Å². The van der Waals surface area contributed by atoms with E-state index in [-0.39, 0.29) is 23.4 Å². The van der Waals surface area contributed by atoms with Crippen molar-refractivity contribution in [2.75, 3.05) is 10.8 Å². The maximum Gasteiger partial charge on any atom is 0.264 e. The quantitative estimate of drug-likeness (QED) is 0.320. The number of sulfonamides is 1. The molecule has 0 aromatic heterocycles. The molecule has 8 heteroatoms. The fraction of sp³-hybridized carbons (Fsp3) is 0.375. The fourth-order valence-corrected chi connectivity index (χ4v) is 5.79. The van der Waals surface area contributed by atoms with E-state index in [4.69, 9.17) is 0 Å². The molecule has 3 aromatic rings. The maximum atomic E-state index is 14.1. The summed E-state index contributed by atoms with van der Waals surface area (Å²) in [6, 6.07) is 20.7.